The number of carbonyl (C=O) groups excluding carboxylic acids is 1. The third-order valence-electron chi connectivity index (χ3n) is 5.28. The molecule has 1 atom stereocenters. The first kappa shape index (κ1) is 24.3. The van der Waals surface area contributed by atoms with E-state index in [1.54, 1.807) is 23.4 Å². The highest BCUT2D eigenvalue weighted by Gasteiger charge is 2.34. The maximum absolute atomic E-state index is 12.3. The number of halogens is 1. The number of carbonyl (C=O) groups is 1. The summed E-state index contributed by atoms with van der Waals surface area (Å²) in [5, 5.41) is 1.90. The van der Waals surface area contributed by atoms with Crippen molar-refractivity contribution in [2.75, 3.05) is 13.1 Å². The molecule has 0 aliphatic carbocycles. The van der Waals surface area contributed by atoms with Crippen LogP contribution < -0.4 is 4.74 Å². The first-order valence-electron chi connectivity index (χ1n) is 10.9. The van der Waals surface area contributed by atoms with Crippen molar-refractivity contribution in [3.63, 3.8) is 0 Å². The molecule has 4 rings (SSSR count). The molecule has 1 saturated heterocycles. The summed E-state index contributed by atoms with van der Waals surface area (Å²) in [5.74, 6) is 0.635. The number of nitrogens with zero attached hydrogens (tertiary/aromatic N) is 3. The third kappa shape index (κ3) is 5.81. The molecule has 1 aromatic heterocycles. The zero-order valence-electron chi connectivity index (χ0n) is 19.2. The number of amides is 1. The van der Waals surface area contributed by atoms with Crippen molar-refractivity contribution in [3.8, 4) is 5.75 Å². The number of ether oxygens (including phenoxy) is 2. The van der Waals surface area contributed by atoms with Crippen molar-refractivity contribution < 1.29 is 18.8 Å². The average molecular weight is 500 g/mol. The van der Waals surface area contributed by atoms with Crippen LogP contribution in [0.3, 0.4) is 0 Å². The van der Waals surface area contributed by atoms with Crippen LogP contribution in [0.2, 0.25) is 5.15 Å². The molecule has 7 nitrogen and oxygen atoms in total. The van der Waals surface area contributed by atoms with Gasteiger partial charge in [-0.2, -0.15) is 0 Å². The molecule has 1 aliphatic heterocycles. The number of benzene rings is 2. The van der Waals surface area contributed by atoms with E-state index in [9.17, 15) is 9.35 Å². The number of aromatic nitrogens is 1. The SMILES string of the molecule is CC(C)(C)[S+]([O-])N=Cc1ccc(OC2CN(C(=O)OCc3ccccc3)C2)c2cnc(Cl)cc12. The van der Waals surface area contributed by atoms with E-state index in [1.807, 2.05) is 63.2 Å². The predicted octanol–water partition coefficient (Wildman–Crippen LogP) is 5.17. The smallest absolute Gasteiger partial charge is 0.410 e. The van der Waals surface area contributed by atoms with Crippen LogP contribution in [0.4, 0.5) is 4.79 Å². The molecule has 1 aliphatic rings. The van der Waals surface area contributed by atoms with E-state index in [2.05, 4.69) is 9.38 Å². The molecule has 178 valence electrons. The highest BCUT2D eigenvalue weighted by molar-refractivity contribution is 7.91. The summed E-state index contributed by atoms with van der Waals surface area (Å²) in [6, 6.07) is 15.0. The van der Waals surface area contributed by atoms with Gasteiger partial charge in [0.2, 0.25) is 0 Å². The molecule has 1 amide bonds. The molecule has 0 radical (unpaired) electrons. The molecular weight excluding hydrogens is 474 g/mol. The maximum Gasteiger partial charge on any atom is 0.410 e. The van der Waals surface area contributed by atoms with E-state index >= 15 is 0 Å². The van der Waals surface area contributed by atoms with Crippen LogP contribution in [-0.2, 0) is 22.7 Å². The molecule has 0 saturated carbocycles. The van der Waals surface area contributed by atoms with Gasteiger partial charge < -0.3 is 18.9 Å². The van der Waals surface area contributed by atoms with Gasteiger partial charge in [0.05, 0.1) is 19.3 Å². The first-order valence-corrected chi connectivity index (χ1v) is 12.4. The lowest BCUT2D eigenvalue weighted by atomic mass is 10.1. The summed E-state index contributed by atoms with van der Waals surface area (Å²) < 4.78 is 27.6. The monoisotopic (exact) mass is 499 g/mol. The van der Waals surface area contributed by atoms with Gasteiger partial charge in [-0.1, -0.05) is 46.3 Å². The molecule has 0 spiro atoms. The molecule has 1 unspecified atom stereocenters. The highest BCUT2D eigenvalue weighted by atomic mass is 35.5. The quantitative estimate of drug-likeness (QED) is 0.265. The Balaban J connectivity index is 1.41. The van der Waals surface area contributed by atoms with Gasteiger partial charge >= 0.3 is 6.09 Å². The van der Waals surface area contributed by atoms with Crippen molar-refractivity contribution in [2.45, 2.75) is 38.2 Å². The van der Waals surface area contributed by atoms with Crippen LogP contribution in [0, 0.1) is 0 Å². The fraction of sp³-hybridized carbons (Fsp3) is 0.320. The first-order chi connectivity index (χ1) is 16.2. The van der Waals surface area contributed by atoms with Gasteiger partial charge in [0, 0.05) is 17.1 Å². The summed E-state index contributed by atoms with van der Waals surface area (Å²) in [6.07, 6.45) is 2.73. The molecule has 1 fully saturated rings. The standard InChI is InChI=1S/C25H26ClN3O4S/c1-25(2,3)34(31)28-12-18-9-10-22(21-13-27-23(26)11-20(18)21)33-19-14-29(15-19)24(30)32-16-17-7-5-4-6-8-17/h4-13,19H,14-16H2,1-3H3. The van der Waals surface area contributed by atoms with Gasteiger partial charge in [0.1, 0.15) is 39.7 Å². The molecule has 2 heterocycles. The Bertz CT molecular complexity index is 1190. The lowest BCUT2D eigenvalue weighted by Gasteiger charge is -2.38. The van der Waals surface area contributed by atoms with Crippen LogP contribution in [0.1, 0.15) is 31.9 Å². The second-order valence-electron chi connectivity index (χ2n) is 8.99. The van der Waals surface area contributed by atoms with Gasteiger partial charge in [-0.05, 0) is 49.9 Å². The number of rotatable bonds is 6. The summed E-state index contributed by atoms with van der Waals surface area (Å²) in [7, 11) is 0. The number of hydrogen-bond donors (Lipinski definition) is 0. The van der Waals surface area contributed by atoms with Crippen LogP contribution >= 0.6 is 11.6 Å². The Morgan fingerprint density at radius 2 is 1.97 bits per heavy atom. The minimum Gasteiger partial charge on any atom is -0.591 e. The molecule has 0 bridgehead atoms. The molecule has 0 N–H and O–H groups in total. The van der Waals surface area contributed by atoms with Crippen molar-refractivity contribution in [1.82, 2.24) is 9.88 Å². The minimum atomic E-state index is -1.38. The van der Waals surface area contributed by atoms with Crippen LogP contribution in [0.5, 0.6) is 5.75 Å². The van der Waals surface area contributed by atoms with Crippen LogP contribution in [-0.4, -0.2) is 50.7 Å². The topological polar surface area (TPSA) is 87.1 Å². The zero-order valence-corrected chi connectivity index (χ0v) is 20.8. The lowest BCUT2D eigenvalue weighted by Crippen LogP contribution is -2.56. The van der Waals surface area contributed by atoms with Crippen LogP contribution in [0.25, 0.3) is 10.8 Å². The lowest BCUT2D eigenvalue weighted by molar-refractivity contribution is 0.00933. The molecule has 34 heavy (non-hydrogen) atoms. The minimum absolute atomic E-state index is 0.156. The van der Waals surface area contributed by atoms with E-state index in [-0.39, 0.29) is 18.8 Å². The van der Waals surface area contributed by atoms with E-state index in [1.165, 1.54) is 0 Å². The average Bonchev–Trinajstić information content (AvgIpc) is 2.78. The van der Waals surface area contributed by atoms with E-state index < -0.39 is 16.1 Å². The van der Waals surface area contributed by atoms with Gasteiger partial charge in [0.15, 0.2) is 0 Å². The molecule has 9 heteroatoms. The maximum atomic E-state index is 12.3. The fourth-order valence-corrected chi connectivity index (χ4v) is 4.02. The number of hydrogen-bond acceptors (Lipinski definition) is 6. The van der Waals surface area contributed by atoms with Crippen LogP contribution in [0.15, 0.2) is 59.1 Å². The fourth-order valence-electron chi connectivity index (χ4n) is 3.34. The highest BCUT2D eigenvalue weighted by Crippen LogP contribution is 2.31. The predicted molar refractivity (Wildman–Crippen MR) is 135 cm³/mol. The summed E-state index contributed by atoms with van der Waals surface area (Å²) in [4.78, 5) is 18.1. The number of likely N-dealkylation sites (tertiary alicyclic amines) is 1. The van der Waals surface area contributed by atoms with Gasteiger partial charge in [-0.3, -0.25) is 0 Å². The largest absolute Gasteiger partial charge is 0.591 e. The van der Waals surface area contributed by atoms with E-state index in [4.69, 9.17) is 21.1 Å². The second kappa shape index (κ2) is 10.2. The number of pyridine rings is 1. The van der Waals surface area contributed by atoms with Gasteiger partial charge in [-0.25, -0.2) is 9.78 Å². The third-order valence-corrected chi connectivity index (χ3v) is 6.83. The van der Waals surface area contributed by atoms with Gasteiger partial charge in [-0.15, -0.1) is 0 Å². The Morgan fingerprint density at radius 1 is 1.24 bits per heavy atom. The van der Waals surface area contributed by atoms with E-state index in [0.717, 1.165) is 21.9 Å². The second-order valence-corrected chi connectivity index (χ2v) is 11.3. The van der Waals surface area contributed by atoms with Crippen molar-refractivity contribution in [2.24, 2.45) is 4.40 Å². The van der Waals surface area contributed by atoms with Crippen molar-refractivity contribution in [1.29, 1.82) is 0 Å². The van der Waals surface area contributed by atoms with Gasteiger partial charge in [0.25, 0.3) is 0 Å². The normalized spacial score (nSPS) is 15.4. The Morgan fingerprint density at radius 3 is 2.68 bits per heavy atom. The Hall–Kier alpha value is -2.81. The van der Waals surface area contributed by atoms with Crippen molar-refractivity contribution in [3.05, 3.63) is 71.0 Å². The summed E-state index contributed by atoms with van der Waals surface area (Å²) >= 11 is 4.76. The van der Waals surface area contributed by atoms with E-state index in [0.29, 0.717) is 24.0 Å². The molecule has 2 aromatic carbocycles. The molecule has 3 aromatic rings. The number of fused-ring (bicyclic) bond motifs is 1. The Labute approximate surface area is 207 Å². The summed E-state index contributed by atoms with van der Waals surface area (Å²) in [6.45, 7) is 6.72. The van der Waals surface area contributed by atoms with Crippen molar-refractivity contribution >= 4 is 46.0 Å². The molecular formula is C25H26ClN3O4S. The summed E-state index contributed by atoms with van der Waals surface area (Å²) in [5.41, 5.74) is 1.71. The Kier molecular flexibility index (Phi) is 7.30. The zero-order chi connectivity index (χ0) is 24.3.